The molecule has 1 aromatic carbocycles. The Morgan fingerprint density at radius 2 is 2.05 bits per heavy atom. The standard InChI is InChI=1S/C14H17N3O2S/c1-18-12-4-3-11(7-13(12)19-2)17-14(15)16-8-10-5-6-20-9-10/h3-7,9H,8H2,1-2H3,(H3,15,16,17). The molecular weight excluding hydrogens is 274 g/mol. The molecule has 0 unspecified atom stereocenters. The van der Waals surface area contributed by atoms with Gasteiger partial charge in [-0.25, -0.2) is 4.99 Å². The van der Waals surface area contributed by atoms with Crippen molar-refractivity contribution in [3.63, 3.8) is 0 Å². The zero-order valence-corrected chi connectivity index (χ0v) is 12.2. The van der Waals surface area contributed by atoms with E-state index in [2.05, 4.69) is 10.3 Å². The molecule has 0 amide bonds. The third kappa shape index (κ3) is 3.64. The Morgan fingerprint density at radius 3 is 2.70 bits per heavy atom. The predicted molar refractivity (Wildman–Crippen MR) is 82.8 cm³/mol. The van der Waals surface area contributed by atoms with Crippen LogP contribution in [0.3, 0.4) is 0 Å². The molecule has 0 spiro atoms. The van der Waals surface area contributed by atoms with E-state index in [4.69, 9.17) is 15.2 Å². The van der Waals surface area contributed by atoms with Crippen LogP contribution in [-0.4, -0.2) is 20.2 Å². The number of hydrogen-bond acceptors (Lipinski definition) is 4. The number of ether oxygens (including phenoxy) is 2. The molecular formula is C14H17N3O2S. The first-order chi connectivity index (χ1) is 9.72. The van der Waals surface area contributed by atoms with Gasteiger partial charge in [-0.05, 0) is 34.5 Å². The number of anilines is 1. The fraction of sp³-hybridized carbons (Fsp3) is 0.214. The summed E-state index contributed by atoms with van der Waals surface area (Å²) in [7, 11) is 3.19. The van der Waals surface area contributed by atoms with Crippen LogP contribution in [0, 0.1) is 0 Å². The lowest BCUT2D eigenvalue weighted by Crippen LogP contribution is -2.22. The molecule has 2 rings (SSSR count). The smallest absolute Gasteiger partial charge is 0.193 e. The van der Waals surface area contributed by atoms with E-state index in [-0.39, 0.29) is 0 Å². The van der Waals surface area contributed by atoms with Gasteiger partial charge in [0.15, 0.2) is 17.5 Å². The maximum atomic E-state index is 5.85. The molecule has 3 N–H and O–H groups in total. The molecule has 0 aliphatic carbocycles. The first kappa shape index (κ1) is 14.2. The van der Waals surface area contributed by atoms with E-state index >= 15 is 0 Å². The Labute approximate surface area is 122 Å². The van der Waals surface area contributed by atoms with Gasteiger partial charge < -0.3 is 20.5 Å². The van der Waals surface area contributed by atoms with Crippen LogP contribution in [0.4, 0.5) is 5.69 Å². The van der Waals surface area contributed by atoms with Crippen LogP contribution in [0.1, 0.15) is 5.56 Å². The number of rotatable bonds is 5. The van der Waals surface area contributed by atoms with Gasteiger partial charge in [0.1, 0.15) is 0 Å². The number of nitrogens with one attached hydrogen (secondary N) is 1. The molecule has 0 saturated carbocycles. The summed E-state index contributed by atoms with van der Waals surface area (Å²) in [4.78, 5) is 4.28. The van der Waals surface area contributed by atoms with E-state index < -0.39 is 0 Å². The van der Waals surface area contributed by atoms with E-state index in [0.717, 1.165) is 11.3 Å². The predicted octanol–water partition coefficient (Wildman–Crippen LogP) is 2.69. The number of benzene rings is 1. The molecule has 1 heterocycles. The summed E-state index contributed by atoms with van der Waals surface area (Å²) in [5.74, 6) is 1.68. The molecule has 0 radical (unpaired) electrons. The van der Waals surface area contributed by atoms with Crippen molar-refractivity contribution in [3.8, 4) is 11.5 Å². The van der Waals surface area contributed by atoms with Crippen LogP contribution in [0.5, 0.6) is 11.5 Å². The maximum Gasteiger partial charge on any atom is 0.193 e. The third-order valence-electron chi connectivity index (χ3n) is 2.67. The molecule has 1 aromatic heterocycles. The molecule has 0 aliphatic heterocycles. The second-order valence-corrected chi connectivity index (χ2v) is 4.81. The van der Waals surface area contributed by atoms with E-state index in [1.54, 1.807) is 25.6 Å². The quantitative estimate of drug-likeness (QED) is 0.656. The first-order valence-electron chi connectivity index (χ1n) is 6.03. The SMILES string of the molecule is COc1ccc(NC(N)=NCc2ccsc2)cc1OC. The Morgan fingerprint density at radius 1 is 1.25 bits per heavy atom. The highest BCUT2D eigenvalue weighted by Gasteiger charge is 2.05. The maximum absolute atomic E-state index is 5.85. The molecule has 106 valence electrons. The van der Waals surface area contributed by atoms with Crippen LogP contribution in [0.2, 0.25) is 0 Å². The topological polar surface area (TPSA) is 68.9 Å². The van der Waals surface area contributed by atoms with Crippen molar-refractivity contribution in [1.82, 2.24) is 0 Å². The van der Waals surface area contributed by atoms with Gasteiger partial charge in [-0.1, -0.05) is 0 Å². The van der Waals surface area contributed by atoms with Gasteiger partial charge in [0.2, 0.25) is 0 Å². The van der Waals surface area contributed by atoms with Crippen molar-refractivity contribution in [2.45, 2.75) is 6.54 Å². The van der Waals surface area contributed by atoms with Crippen LogP contribution in [-0.2, 0) is 6.54 Å². The average Bonchev–Trinajstić information content (AvgIpc) is 2.98. The summed E-state index contributed by atoms with van der Waals surface area (Å²) in [6.07, 6.45) is 0. The fourth-order valence-electron chi connectivity index (χ4n) is 1.66. The zero-order valence-electron chi connectivity index (χ0n) is 11.4. The highest BCUT2D eigenvalue weighted by Crippen LogP contribution is 2.29. The second kappa shape index (κ2) is 6.81. The lowest BCUT2D eigenvalue weighted by atomic mass is 10.3. The number of methoxy groups -OCH3 is 2. The van der Waals surface area contributed by atoms with Crippen molar-refractivity contribution < 1.29 is 9.47 Å². The van der Waals surface area contributed by atoms with Crippen molar-refractivity contribution >= 4 is 23.0 Å². The van der Waals surface area contributed by atoms with Gasteiger partial charge in [-0.3, -0.25) is 0 Å². The highest BCUT2D eigenvalue weighted by molar-refractivity contribution is 7.07. The fourth-order valence-corrected chi connectivity index (χ4v) is 2.32. The van der Waals surface area contributed by atoms with Crippen LogP contribution < -0.4 is 20.5 Å². The third-order valence-corrected chi connectivity index (χ3v) is 3.40. The lowest BCUT2D eigenvalue weighted by molar-refractivity contribution is 0.355. The van der Waals surface area contributed by atoms with Crippen molar-refractivity contribution in [2.75, 3.05) is 19.5 Å². The molecule has 0 aliphatic rings. The zero-order chi connectivity index (χ0) is 14.4. The molecule has 0 atom stereocenters. The van der Waals surface area contributed by atoms with E-state index in [0.29, 0.717) is 24.0 Å². The molecule has 5 nitrogen and oxygen atoms in total. The number of nitrogens with zero attached hydrogens (tertiary/aromatic N) is 1. The molecule has 0 fully saturated rings. The molecule has 0 bridgehead atoms. The Kier molecular flexibility index (Phi) is 4.84. The number of nitrogens with two attached hydrogens (primary N) is 1. The first-order valence-corrected chi connectivity index (χ1v) is 6.97. The summed E-state index contributed by atoms with van der Waals surface area (Å²) < 4.78 is 10.4. The number of aliphatic imine (C=N–C) groups is 1. The second-order valence-electron chi connectivity index (χ2n) is 4.03. The van der Waals surface area contributed by atoms with Crippen molar-refractivity contribution in [2.24, 2.45) is 10.7 Å². The summed E-state index contributed by atoms with van der Waals surface area (Å²) in [5, 5.41) is 7.09. The van der Waals surface area contributed by atoms with Crippen molar-refractivity contribution in [3.05, 3.63) is 40.6 Å². The van der Waals surface area contributed by atoms with E-state index in [9.17, 15) is 0 Å². The normalized spacial score (nSPS) is 11.2. The van der Waals surface area contributed by atoms with Crippen LogP contribution >= 0.6 is 11.3 Å². The Bertz CT molecular complexity index is 582. The summed E-state index contributed by atoms with van der Waals surface area (Å²) in [6, 6.07) is 7.51. The highest BCUT2D eigenvalue weighted by atomic mass is 32.1. The van der Waals surface area contributed by atoms with Gasteiger partial charge in [0.05, 0.1) is 20.8 Å². The summed E-state index contributed by atoms with van der Waals surface area (Å²) in [5.41, 5.74) is 7.80. The van der Waals surface area contributed by atoms with Gasteiger partial charge in [0.25, 0.3) is 0 Å². The summed E-state index contributed by atoms with van der Waals surface area (Å²) in [6.45, 7) is 0.565. The van der Waals surface area contributed by atoms with Gasteiger partial charge >= 0.3 is 0 Å². The minimum atomic E-state index is 0.364. The van der Waals surface area contributed by atoms with Gasteiger partial charge in [0, 0.05) is 11.8 Å². The van der Waals surface area contributed by atoms with E-state index in [1.165, 1.54) is 0 Å². The molecule has 20 heavy (non-hydrogen) atoms. The minimum Gasteiger partial charge on any atom is -0.493 e. The van der Waals surface area contributed by atoms with Gasteiger partial charge in [-0.15, -0.1) is 0 Å². The Balaban J connectivity index is 2.03. The van der Waals surface area contributed by atoms with Crippen LogP contribution in [0.15, 0.2) is 40.0 Å². The lowest BCUT2D eigenvalue weighted by Gasteiger charge is -2.10. The molecule has 6 heteroatoms. The number of thiophene rings is 1. The monoisotopic (exact) mass is 291 g/mol. The largest absolute Gasteiger partial charge is 0.493 e. The number of hydrogen-bond donors (Lipinski definition) is 2. The number of guanidine groups is 1. The average molecular weight is 291 g/mol. The van der Waals surface area contributed by atoms with Crippen LogP contribution in [0.25, 0.3) is 0 Å². The minimum absolute atomic E-state index is 0.364. The molecule has 0 saturated heterocycles. The van der Waals surface area contributed by atoms with Gasteiger partial charge in [-0.2, -0.15) is 11.3 Å². The van der Waals surface area contributed by atoms with Crippen molar-refractivity contribution in [1.29, 1.82) is 0 Å². The Hall–Kier alpha value is -2.21. The molecule has 2 aromatic rings. The van der Waals surface area contributed by atoms with E-state index in [1.807, 2.05) is 35.0 Å². The summed E-state index contributed by atoms with van der Waals surface area (Å²) >= 11 is 1.64.